The van der Waals surface area contributed by atoms with Crippen LogP contribution >= 0.6 is 0 Å². The van der Waals surface area contributed by atoms with Crippen molar-refractivity contribution >= 4 is 0 Å². The van der Waals surface area contributed by atoms with Crippen molar-refractivity contribution in [1.29, 1.82) is 0 Å². The Morgan fingerprint density at radius 1 is 1.00 bits per heavy atom. The molecule has 0 aliphatic carbocycles. The molecule has 2 heteroatoms. The first-order valence-electron chi connectivity index (χ1n) is 7.83. The number of likely N-dealkylation sites (tertiary alicyclic amines) is 1. The first kappa shape index (κ1) is 14.3. The molecule has 3 rings (SSSR count). The van der Waals surface area contributed by atoms with Crippen LogP contribution in [0.1, 0.15) is 36.0 Å². The Bertz CT molecular complexity index is 540. The Morgan fingerprint density at radius 3 is 2.38 bits per heavy atom. The molecule has 2 unspecified atom stereocenters. The smallest absolute Gasteiger partial charge is 0.0802 e. The molecule has 21 heavy (non-hydrogen) atoms. The van der Waals surface area contributed by atoms with E-state index in [0.717, 1.165) is 31.6 Å². The molecule has 2 aromatic rings. The number of nitrogens with zero attached hydrogens (tertiary/aromatic N) is 1. The molecule has 2 atom stereocenters. The highest BCUT2D eigenvalue weighted by molar-refractivity contribution is 5.21. The Morgan fingerprint density at radius 2 is 1.67 bits per heavy atom. The normalized spacial score (nSPS) is 20.5. The summed E-state index contributed by atoms with van der Waals surface area (Å²) in [6, 6.07) is 20.7. The Balaban J connectivity index is 1.49. The molecule has 1 aliphatic heterocycles. The lowest BCUT2D eigenvalue weighted by molar-refractivity contribution is 0.148. The summed E-state index contributed by atoms with van der Waals surface area (Å²) in [5, 5.41) is 10.2. The van der Waals surface area contributed by atoms with Gasteiger partial charge in [-0.25, -0.2) is 0 Å². The van der Waals surface area contributed by atoms with Crippen LogP contribution in [0.2, 0.25) is 0 Å². The lowest BCUT2D eigenvalue weighted by atomic mass is 9.99. The molecule has 1 heterocycles. The maximum atomic E-state index is 10.2. The lowest BCUT2D eigenvalue weighted by Crippen LogP contribution is -2.23. The van der Waals surface area contributed by atoms with E-state index in [9.17, 15) is 5.11 Å². The lowest BCUT2D eigenvalue weighted by Gasteiger charge is -2.18. The van der Waals surface area contributed by atoms with Crippen molar-refractivity contribution in [3.05, 3.63) is 71.8 Å². The van der Waals surface area contributed by atoms with Crippen LogP contribution in [-0.4, -0.2) is 29.6 Å². The van der Waals surface area contributed by atoms with Gasteiger partial charge in [0.25, 0.3) is 0 Å². The van der Waals surface area contributed by atoms with Gasteiger partial charge in [-0.3, -0.25) is 0 Å². The van der Waals surface area contributed by atoms with Crippen LogP contribution in [0.15, 0.2) is 60.7 Å². The Hall–Kier alpha value is -1.64. The molecule has 2 aromatic carbocycles. The minimum Gasteiger partial charge on any atom is -0.388 e. The molecule has 0 spiro atoms. The topological polar surface area (TPSA) is 23.5 Å². The Kier molecular flexibility index (Phi) is 4.69. The molecule has 0 aromatic heterocycles. The third kappa shape index (κ3) is 3.72. The van der Waals surface area contributed by atoms with Crippen molar-refractivity contribution in [3.63, 3.8) is 0 Å². The minimum absolute atomic E-state index is 0.345. The van der Waals surface area contributed by atoms with Crippen LogP contribution in [-0.2, 0) is 0 Å². The summed E-state index contributed by atoms with van der Waals surface area (Å²) in [5.41, 5.74) is 2.47. The maximum absolute atomic E-state index is 10.2. The second-order valence-corrected chi connectivity index (χ2v) is 5.91. The van der Waals surface area contributed by atoms with Gasteiger partial charge >= 0.3 is 0 Å². The zero-order valence-electron chi connectivity index (χ0n) is 12.4. The van der Waals surface area contributed by atoms with E-state index in [1.54, 1.807) is 0 Å². The molecule has 1 saturated heterocycles. The van der Waals surface area contributed by atoms with Crippen LogP contribution in [0, 0.1) is 0 Å². The van der Waals surface area contributed by atoms with Crippen LogP contribution in [0.5, 0.6) is 0 Å². The Labute approximate surface area is 127 Å². The van der Waals surface area contributed by atoms with Crippen molar-refractivity contribution in [2.45, 2.75) is 24.9 Å². The van der Waals surface area contributed by atoms with Gasteiger partial charge in [-0.15, -0.1) is 0 Å². The van der Waals surface area contributed by atoms with Gasteiger partial charge in [-0.1, -0.05) is 60.7 Å². The number of hydrogen-bond acceptors (Lipinski definition) is 2. The second kappa shape index (κ2) is 6.88. The quantitative estimate of drug-likeness (QED) is 0.905. The largest absolute Gasteiger partial charge is 0.388 e. The number of aliphatic hydroxyl groups is 1. The van der Waals surface area contributed by atoms with E-state index in [4.69, 9.17) is 0 Å². The number of hydrogen-bond donors (Lipinski definition) is 1. The molecule has 1 aliphatic rings. The van der Waals surface area contributed by atoms with Crippen molar-refractivity contribution in [2.75, 3.05) is 19.6 Å². The zero-order valence-corrected chi connectivity index (χ0v) is 12.4. The van der Waals surface area contributed by atoms with Crippen molar-refractivity contribution < 1.29 is 5.11 Å². The molecular formula is C19H23NO. The summed E-state index contributed by atoms with van der Waals surface area (Å²) in [5.74, 6) is 0.653. The van der Waals surface area contributed by atoms with Gasteiger partial charge in [-0.05, 0) is 36.4 Å². The molecule has 110 valence electrons. The highest BCUT2D eigenvalue weighted by Crippen LogP contribution is 2.27. The molecule has 1 N–H and O–H groups in total. The number of benzene rings is 2. The summed E-state index contributed by atoms with van der Waals surface area (Å²) in [4.78, 5) is 2.48. The summed E-state index contributed by atoms with van der Waals surface area (Å²) < 4.78 is 0. The number of aliphatic hydroxyl groups excluding tert-OH is 1. The van der Waals surface area contributed by atoms with Crippen LogP contribution in [0.3, 0.4) is 0 Å². The molecule has 1 fully saturated rings. The van der Waals surface area contributed by atoms with Crippen LogP contribution < -0.4 is 0 Å². The van der Waals surface area contributed by atoms with Crippen molar-refractivity contribution in [3.8, 4) is 0 Å². The zero-order chi connectivity index (χ0) is 14.5. The predicted octanol–water partition coefficient (Wildman–Crippen LogP) is 3.60. The highest BCUT2D eigenvalue weighted by Gasteiger charge is 2.23. The van der Waals surface area contributed by atoms with Crippen molar-refractivity contribution in [2.24, 2.45) is 0 Å². The van der Waals surface area contributed by atoms with E-state index in [2.05, 4.69) is 35.2 Å². The van der Waals surface area contributed by atoms with E-state index < -0.39 is 0 Å². The van der Waals surface area contributed by atoms with E-state index in [-0.39, 0.29) is 6.10 Å². The molecule has 0 bridgehead atoms. The van der Waals surface area contributed by atoms with Gasteiger partial charge < -0.3 is 10.0 Å². The second-order valence-electron chi connectivity index (χ2n) is 5.91. The standard InChI is InChI=1S/C19H23NO/c21-19(17-9-5-2-6-10-17)12-14-20-13-11-18(15-20)16-7-3-1-4-8-16/h1-10,18-19,21H,11-15H2. The van der Waals surface area contributed by atoms with Crippen LogP contribution in [0.25, 0.3) is 0 Å². The van der Waals surface area contributed by atoms with E-state index in [0.29, 0.717) is 5.92 Å². The third-order valence-electron chi connectivity index (χ3n) is 4.45. The van der Waals surface area contributed by atoms with Gasteiger partial charge in [-0.2, -0.15) is 0 Å². The fourth-order valence-corrected chi connectivity index (χ4v) is 3.18. The summed E-state index contributed by atoms with van der Waals surface area (Å²) in [6.45, 7) is 3.23. The summed E-state index contributed by atoms with van der Waals surface area (Å²) >= 11 is 0. The van der Waals surface area contributed by atoms with Gasteiger partial charge in [0.15, 0.2) is 0 Å². The fraction of sp³-hybridized carbons (Fsp3) is 0.368. The molecule has 2 nitrogen and oxygen atoms in total. The summed E-state index contributed by atoms with van der Waals surface area (Å²) in [6.07, 6.45) is 1.69. The van der Waals surface area contributed by atoms with E-state index in [1.165, 1.54) is 12.0 Å². The molecule has 0 amide bonds. The number of rotatable bonds is 5. The SMILES string of the molecule is OC(CCN1CCC(c2ccccc2)C1)c1ccccc1. The fourth-order valence-electron chi connectivity index (χ4n) is 3.18. The first-order chi connectivity index (χ1) is 10.3. The van der Waals surface area contributed by atoms with Crippen LogP contribution in [0.4, 0.5) is 0 Å². The first-order valence-corrected chi connectivity index (χ1v) is 7.83. The average molecular weight is 281 g/mol. The predicted molar refractivity (Wildman–Crippen MR) is 86.3 cm³/mol. The van der Waals surface area contributed by atoms with Gasteiger partial charge in [0.2, 0.25) is 0 Å². The summed E-state index contributed by atoms with van der Waals surface area (Å²) in [7, 11) is 0. The van der Waals surface area contributed by atoms with Crippen molar-refractivity contribution in [1.82, 2.24) is 4.90 Å². The van der Waals surface area contributed by atoms with Gasteiger partial charge in [0.05, 0.1) is 6.10 Å². The molecule has 0 saturated carbocycles. The highest BCUT2D eigenvalue weighted by atomic mass is 16.3. The monoisotopic (exact) mass is 281 g/mol. The molecule has 0 radical (unpaired) electrons. The maximum Gasteiger partial charge on any atom is 0.0802 e. The molecular weight excluding hydrogens is 258 g/mol. The third-order valence-corrected chi connectivity index (χ3v) is 4.45. The van der Waals surface area contributed by atoms with Gasteiger partial charge in [0.1, 0.15) is 0 Å². The van der Waals surface area contributed by atoms with E-state index in [1.807, 2.05) is 30.3 Å². The minimum atomic E-state index is -0.345. The van der Waals surface area contributed by atoms with Gasteiger partial charge in [0, 0.05) is 13.1 Å². The average Bonchev–Trinajstić information content (AvgIpc) is 3.03. The van der Waals surface area contributed by atoms with E-state index >= 15 is 0 Å².